The number of hydrogen-bond acceptors (Lipinski definition) is 9. The van der Waals surface area contributed by atoms with E-state index in [0.717, 1.165) is 0 Å². The van der Waals surface area contributed by atoms with Gasteiger partial charge >= 0.3 is 0 Å². The van der Waals surface area contributed by atoms with Crippen molar-refractivity contribution < 1.29 is 38.4 Å². The van der Waals surface area contributed by atoms with E-state index in [4.69, 9.17) is 52.1 Å². The minimum absolute atomic E-state index is 0.262. The Labute approximate surface area is 296 Å². The summed E-state index contributed by atoms with van der Waals surface area (Å²) in [6.45, 7) is 8.40. The zero-order valence-electron chi connectivity index (χ0n) is 26.9. The summed E-state index contributed by atoms with van der Waals surface area (Å²) < 4.78 is 0. The van der Waals surface area contributed by atoms with E-state index >= 15 is 0 Å². The van der Waals surface area contributed by atoms with Gasteiger partial charge in [-0.15, -0.1) is 0 Å². The summed E-state index contributed by atoms with van der Waals surface area (Å²) in [6, 6.07) is -4.54. The van der Waals surface area contributed by atoms with Crippen molar-refractivity contribution >= 4 is 93.7 Å². The Morgan fingerprint density at radius 1 is 0.667 bits per heavy atom. The number of amides is 8. The molecule has 0 saturated heterocycles. The fourth-order valence-corrected chi connectivity index (χ4v) is 5.41. The number of carbonyl (C=O) groups excluding carboxylic acids is 8. The highest BCUT2D eigenvalue weighted by atomic mass is 35.5. The minimum Gasteiger partial charge on any atom is -0.346 e. The van der Waals surface area contributed by atoms with Crippen LogP contribution in [0.5, 0.6) is 0 Å². The Morgan fingerprint density at radius 2 is 1.10 bits per heavy atom. The van der Waals surface area contributed by atoms with E-state index in [1.54, 1.807) is 27.7 Å². The molecule has 48 heavy (non-hydrogen) atoms. The van der Waals surface area contributed by atoms with Crippen LogP contribution in [0.2, 0.25) is 20.1 Å². The molecule has 0 aromatic heterocycles. The number of nitrogens with two attached hydrogens (primary N) is 1. The van der Waals surface area contributed by atoms with Gasteiger partial charge in [0.2, 0.25) is 29.5 Å². The maximum absolute atomic E-state index is 13.2. The summed E-state index contributed by atoms with van der Waals surface area (Å²) >= 11 is 24.2. The SMILES string of the molecule is CC[C@H](C)[C@H](NC(=O)CNC(=O)[C@H](C)N)C(=O)NCC(=O)N[C@H](C(=O)N[C@@H](C)C(=O)N1C(=O)c2c(Cl)c(Cl)c(Cl)c(Cl)c2C1=O)C(C)C. The van der Waals surface area contributed by atoms with E-state index in [9.17, 15) is 38.4 Å². The first-order valence-electron chi connectivity index (χ1n) is 14.7. The molecular weight excluding hydrogens is 716 g/mol. The number of benzene rings is 1. The molecule has 15 nitrogen and oxygen atoms in total. The molecular formula is C29H37Cl4N7O8. The number of nitrogens with one attached hydrogen (secondary N) is 5. The van der Waals surface area contributed by atoms with Gasteiger partial charge in [-0.1, -0.05) is 80.5 Å². The number of rotatable bonds is 14. The molecule has 8 amide bonds. The fraction of sp³-hybridized carbons (Fsp3) is 0.517. The topological polar surface area (TPSA) is 226 Å². The van der Waals surface area contributed by atoms with Crippen molar-refractivity contribution in [2.24, 2.45) is 17.6 Å². The summed E-state index contributed by atoms with van der Waals surface area (Å²) in [4.78, 5) is 102. The first kappa shape index (κ1) is 40.7. The highest BCUT2D eigenvalue weighted by Crippen LogP contribution is 2.44. The van der Waals surface area contributed by atoms with Crippen molar-refractivity contribution in [2.75, 3.05) is 13.1 Å². The summed E-state index contributed by atoms with van der Waals surface area (Å²) in [5.41, 5.74) is 4.63. The van der Waals surface area contributed by atoms with E-state index in [0.29, 0.717) is 6.42 Å². The van der Waals surface area contributed by atoms with Crippen molar-refractivity contribution in [3.63, 3.8) is 0 Å². The number of carbonyl (C=O) groups is 8. The molecule has 1 heterocycles. The van der Waals surface area contributed by atoms with E-state index in [1.165, 1.54) is 13.8 Å². The molecule has 0 unspecified atom stereocenters. The average Bonchev–Trinajstić information content (AvgIpc) is 3.29. The van der Waals surface area contributed by atoms with Gasteiger partial charge in [-0.05, 0) is 25.7 Å². The van der Waals surface area contributed by atoms with Gasteiger partial charge in [0.15, 0.2) is 0 Å². The van der Waals surface area contributed by atoms with Crippen LogP contribution in [0.4, 0.5) is 0 Å². The molecule has 0 spiro atoms. The van der Waals surface area contributed by atoms with Crippen molar-refractivity contribution in [1.29, 1.82) is 0 Å². The Hall–Kier alpha value is -3.50. The lowest BCUT2D eigenvalue weighted by atomic mass is 9.98. The molecule has 1 aliphatic rings. The smallest absolute Gasteiger partial charge is 0.270 e. The summed E-state index contributed by atoms with van der Waals surface area (Å²) in [5, 5.41) is 10.8. The standard InChI is InChI=1S/C29H37Cl4N7O8/c1-7-11(4)23(39-15(42)8-35-24(43)12(5)34)25(44)36-9-14(41)38-22(10(2)3)26(45)37-13(6)27(46)40-28(47)16-17(29(40)48)19(31)21(33)20(32)18(16)30/h10-13,22-23H,7-9,34H2,1-6H3,(H,35,43)(H,36,44)(H,37,45)(H,38,41)(H,39,42)/t11-,12-,13-,22-,23-/m0/s1. The van der Waals surface area contributed by atoms with E-state index in [-0.39, 0.29) is 30.9 Å². The second-order valence-corrected chi connectivity index (χ2v) is 13.0. The van der Waals surface area contributed by atoms with Crippen LogP contribution >= 0.6 is 46.4 Å². The molecule has 0 aliphatic carbocycles. The third kappa shape index (κ3) is 9.35. The zero-order chi connectivity index (χ0) is 36.8. The average molecular weight is 753 g/mol. The number of hydrogen-bond donors (Lipinski definition) is 6. The largest absolute Gasteiger partial charge is 0.346 e. The summed E-state index contributed by atoms with van der Waals surface area (Å²) in [7, 11) is 0. The fourth-order valence-electron chi connectivity index (χ4n) is 4.40. The third-order valence-corrected chi connectivity index (χ3v) is 9.19. The van der Waals surface area contributed by atoms with Crippen molar-refractivity contribution in [1.82, 2.24) is 31.5 Å². The monoisotopic (exact) mass is 751 g/mol. The maximum atomic E-state index is 13.2. The number of nitrogens with zero attached hydrogens (tertiary/aromatic N) is 1. The zero-order valence-corrected chi connectivity index (χ0v) is 29.9. The molecule has 0 bridgehead atoms. The van der Waals surface area contributed by atoms with Gasteiger partial charge in [0.25, 0.3) is 17.7 Å². The normalized spacial score (nSPS) is 15.5. The summed E-state index contributed by atoms with van der Waals surface area (Å²) in [5.74, 6) is -7.70. The lowest BCUT2D eigenvalue weighted by Crippen LogP contribution is -2.57. The van der Waals surface area contributed by atoms with Crippen LogP contribution in [0.1, 0.15) is 68.7 Å². The number of fused-ring (bicyclic) bond motifs is 1. The number of halogens is 4. The lowest BCUT2D eigenvalue weighted by Gasteiger charge is -2.26. The van der Waals surface area contributed by atoms with Gasteiger partial charge in [-0.2, -0.15) is 0 Å². The first-order chi connectivity index (χ1) is 22.3. The van der Waals surface area contributed by atoms with Gasteiger partial charge in [-0.3, -0.25) is 38.4 Å². The molecule has 264 valence electrons. The highest BCUT2D eigenvalue weighted by Gasteiger charge is 2.46. The molecule has 0 fully saturated rings. The van der Waals surface area contributed by atoms with E-state index in [2.05, 4.69) is 26.6 Å². The number of imide groups is 3. The Kier molecular flexibility index (Phi) is 14.6. The molecule has 1 aromatic carbocycles. The van der Waals surface area contributed by atoms with Crippen LogP contribution in [-0.2, 0) is 28.8 Å². The minimum atomic E-state index is -1.45. The first-order valence-corrected chi connectivity index (χ1v) is 16.3. The van der Waals surface area contributed by atoms with Crippen molar-refractivity contribution in [3.8, 4) is 0 Å². The van der Waals surface area contributed by atoms with E-state index in [1.807, 2.05) is 0 Å². The molecule has 1 aromatic rings. The molecule has 7 N–H and O–H groups in total. The van der Waals surface area contributed by atoms with Gasteiger partial charge in [0.05, 0.1) is 50.3 Å². The van der Waals surface area contributed by atoms with Crippen LogP contribution in [0.25, 0.3) is 0 Å². The maximum Gasteiger partial charge on any atom is 0.270 e. The molecule has 5 atom stereocenters. The van der Waals surface area contributed by atoms with Crippen molar-refractivity contribution in [3.05, 3.63) is 31.2 Å². The van der Waals surface area contributed by atoms with Gasteiger partial charge in [0, 0.05) is 0 Å². The van der Waals surface area contributed by atoms with Crippen LogP contribution in [-0.4, -0.2) is 89.4 Å². The van der Waals surface area contributed by atoms with Crippen LogP contribution < -0.4 is 32.3 Å². The molecule has 0 saturated carbocycles. The molecule has 19 heteroatoms. The van der Waals surface area contributed by atoms with Crippen LogP contribution in [0.3, 0.4) is 0 Å². The quantitative estimate of drug-likeness (QED) is 0.0910. The van der Waals surface area contributed by atoms with Gasteiger partial charge < -0.3 is 32.3 Å². The Bertz CT molecular complexity index is 1470. The second-order valence-electron chi connectivity index (χ2n) is 11.5. The molecule has 1 aliphatic heterocycles. The van der Waals surface area contributed by atoms with Crippen molar-refractivity contribution in [2.45, 2.75) is 72.1 Å². The lowest BCUT2D eigenvalue weighted by molar-refractivity contribution is -0.135. The van der Waals surface area contributed by atoms with Gasteiger partial charge in [0.1, 0.15) is 18.1 Å². The third-order valence-electron chi connectivity index (χ3n) is 7.39. The Balaban J connectivity index is 2.05. The predicted octanol–water partition coefficient (Wildman–Crippen LogP) is 1.18. The predicted molar refractivity (Wildman–Crippen MR) is 177 cm³/mol. The molecule has 2 rings (SSSR count). The van der Waals surface area contributed by atoms with Crippen LogP contribution in [0, 0.1) is 11.8 Å². The van der Waals surface area contributed by atoms with E-state index < -0.39 is 102 Å². The highest BCUT2D eigenvalue weighted by molar-refractivity contribution is 6.55. The molecule has 0 radical (unpaired) electrons. The second kappa shape index (κ2) is 17.2. The van der Waals surface area contributed by atoms with Crippen LogP contribution in [0.15, 0.2) is 0 Å². The summed E-state index contributed by atoms with van der Waals surface area (Å²) in [6.07, 6.45) is 0.492. The Morgan fingerprint density at radius 3 is 1.52 bits per heavy atom. The van der Waals surface area contributed by atoms with Gasteiger partial charge in [-0.25, -0.2) is 4.90 Å².